The van der Waals surface area contributed by atoms with E-state index in [1.165, 1.54) is 15.3 Å². The molecule has 0 saturated heterocycles. The molecule has 6 rings (SSSR count). The van der Waals surface area contributed by atoms with Crippen LogP contribution in [0.5, 0.6) is 5.75 Å². The quantitative estimate of drug-likeness (QED) is 0.108. The van der Waals surface area contributed by atoms with Crippen LogP contribution in [0.25, 0.3) is 16.6 Å². The highest BCUT2D eigenvalue weighted by Gasteiger charge is 2.50. The highest BCUT2D eigenvalue weighted by atomic mass is 28.4. The first kappa shape index (κ1) is 38.5. The number of nitrogens with zero attached hydrogens (tertiary/aromatic N) is 6. The Morgan fingerprint density at radius 2 is 1.74 bits per heavy atom. The van der Waals surface area contributed by atoms with E-state index in [9.17, 15) is 9.90 Å². The van der Waals surface area contributed by atoms with E-state index in [4.69, 9.17) is 30.0 Å². The standard InChI is InChI=1S/C41H52N8O4Si/c1-7-14-31(21-24-53-54(41(3,4)5,32-15-10-8-11-16-32)33-17-12-9-13-18-33)44-38-37-36(45-39(42)46-38)28(2)47-49(37)27-34-35(52-6)25-30(26-43-34)29-19-22-48(23-20-29)40(50)51/h8-13,15-19,25-26,31H,7,14,20-24,27H2,1-6H3,(H,50,51)(H3,42,44,45,46). The molecule has 3 aromatic heterocycles. The molecular weight excluding hydrogens is 697 g/mol. The van der Waals surface area contributed by atoms with Crippen molar-refractivity contribution in [3.05, 3.63) is 96.0 Å². The second-order valence-electron chi connectivity index (χ2n) is 14.9. The monoisotopic (exact) mass is 748 g/mol. The summed E-state index contributed by atoms with van der Waals surface area (Å²) in [4.78, 5) is 26.9. The van der Waals surface area contributed by atoms with Crippen LogP contribution in [-0.4, -0.2) is 82.0 Å². The van der Waals surface area contributed by atoms with Gasteiger partial charge in [-0.3, -0.25) is 9.67 Å². The largest absolute Gasteiger partial charge is 0.495 e. The number of nitrogens with two attached hydrogens (primary N) is 1. The summed E-state index contributed by atoms with van der Waals surface area (Å²) in [6.45, 7) is 12.6. The molecule has 1 unspecified atom stereocenters. The molecule has 284 valence electrons. The molecule has 1 amide bonds. The summed E-state index contributed by atoms with van der Waals surface area (Å²) in [6.07, 6.45) is 6.07. The van der Waals surface area contributed by atoms with Crippen molar-refractivity contribution < 1.29 is 19.1 Å². The van der Waals surface area contributed by atoms with Gasteiger partial charge in [0.25, 0.3) is 8.32 Å². The summed E-state index contributed by atoms with van der Waals surface area (Å²) < 4.78 is 14.9. The molecule has 1 aliphatic heterocycles. The third kappa shape index (κ3) is 7.97. The van der Waals surface area contributed by atoms with Crippen molar-refractivity contribution in [2.75, 3.05) is 37.9 Å². The maximum absolute atomic E-state index is 11.4. The van der Waals surface area contributed by atoms with E-state index in [-0.39, 0.29) is 17.0 Å². The lowest BCUT2D eigenvalue weighted by Crippen LogP contribution is -2.66. The average molecular weight is 749 g/mol. The van der Waals surface area contributed by atoms with E-state index in [2.05, 4.69) is 98.7 Å². The van der Waals surface area contributed by atoms with Gasteiger partial charge >= 0.3 is 6.09 Å². The van der Waals surface area contributed by atoms with Crippen molar-refractivity contribution in [2.24, 2.45) is 0 Å². The van der Waals surface area contributed by atoms with E-state index in [0.717, 1.165) is 41.6 Å². The molecule has 1 aliphatic rings. The van der Waals surface area contributed by atoms with Gasteiger partial charge in [0.1, 0.15) is 22.5 Å². The lowest BCUT2D eigenvalue weighted by atomic mass is 10.0. The van der Waals surface area contributed by atoms with Gasteiger partial charge in [-0.25, -0.2) is 9.78 Å². The van der Waals surface area contributed by atoms with Crippen LogP contribution in [0.2, 0.25) is 5.04 Å². The lowest BCUT2D eigenvalue weighted by molar-refractivity contribution is 0.150. The summed E-state index contributed by atoms with van der Waals surface area (Å²) in [6, 6.07) is 23.4. The Kier molecular flexibility index (Phi) is 11.7. The molecule has 0 bridgehead atoms. The Hall–Kier alpha value is -5.27. The Morgan fingerprint density at radius 3 is 2.31 bits per heavy atom. The van der Waals surface area contributed by atoms with Crippen LogP contribution in [0.4, 0.5) is 16.6 Å². The van der Waals surface area contributed by atoms with Crippen LogP contribution >= 0.6 is 0 Å². The third-order valence-corrected chi connectivity index (χ3v) is 15.3. The molecule has 0 saturated carbocycles. The number of rotatable bonds is 14. The lowest BCUT2D eigenvalue weighted by Gasteiger charge is -2.43. The van der Waals surface area contributed by atoms with Gasteiger partial charge in [-0.1, -0.05) is 101 Å². The first-order valence-electron chi connectivity index (χ1n) is 18.7. The number of aromatic nitrogens is 5. The Labute approximate surface area is 318 Å². The molecule has 5 aromatic rings. The maximum Gasteiger partial charge on any atom is 0.407 e. The summed E-state index contributed by atoms with van der Waals surface area (Å²) >= 11 is 0. The molecule has 0 spiro atoms. The molecule has 0 fully saturated rings. The number of carboxylic acid groups (broad SMARTS) is 1. The molecule has 0 aliphatic carbocycles. The predicted octanol–water partition coefficient (Wildman–Crippen LogP) is 6.48. The molecule has 1 atom stereocenters. The smallest absolute Gasteiger partial charge is 0.407 e. The zero-order chi connectivity index (χ0) is 38.5. The van der Waals surface area contributed by atoms with Gasteiger partial charge < -0.3 is 30.2 Å². The Morgan fingerprint density at radius 1 is 1.06 bits per heavy atom. The number of nitrogens with one attached hydrogen (secondary N) is 1. The number of benzene rings is 2. The van der Waals surface area contributed by atoms with Crippen LogP contribution < -0.4 is 26.2 Å². The fourth-order valence-corrected chi connectivity index (χ4v) is 12.2. The van der Waals surface area contributed by atoms with Crippen molar-refractivity contribution in [1.29, 1.82) is 0 Å². The number of anilines is 2. The highest BCUT2D eigenvalue weighted by Crippen LogP contribution is 2.37. The van der Waals surface area contributed by atoms with Gasteiger partial charge in [0, 0.05) is 31.9 Å². The minimum Gasteiger partial charge on any atom is -0.495 e. The number of ether oxygens (including phenoxy) is 1. The fraction of sp³-hybridized carbons (Fsp3) is 0.390. The molecule has 2 aromatic carbocycles. The number of nitrogen functional groups attached to an aromatic ring is 1. The number of aryl methyl sites for hydroxylation is 1. The van der Waals surface area contributed by atoms with Crippen molar-refractivity contribution in [3.8, 4) is 5.75 Å². The third-order valence-electron chi connectivity index (χ3n) is 10.3. The minimum absolute atomic E-state index is 0.0436. The predicted molar refractivity (Wildman–Crippen MR) is 217 cm³/mol. The van der Waals surface area contributed by atoms with Crippen LogP contribution in [0.3, 0.4) is 0 Å². The van der Waals surface area contributed by atoms with Gasteiger partial charge in [-0.2, -0.15) is 10.1 Å². The summed E-state index contributed by atoms with van der Waals surface area (Å²) in [7, 11) is -1.08. The van der Waals surface area contributed by atoms with Crippen molar-refractivity contribution in [2.45, 2.75) is 77.9 Å². The first-order valence-corrected chi connectivity index (χ1v) is 20.6. The molecule has 0 radical (unpaired) electrons. The number of hydrogen-bond acceptors (Lipinski definition) is 9. The second-order valence-corrected chi connectivity index (χ2v) is 19.2. The highest BCUT2D eigenvalue weighted by molar-refractivity contribution is 6.99. The number of methoxy groups -OCH3 is 1. The molecular formula is C41H52N8O4Si. The topological polar surface area (TPSA) is 154 Å². The SMILES string of the molecule is CCCC(CCO[Si](c1ccccc1)(c1ccccc1)C(C)(C)C)Nc1nc(N)nc2c(C)nn(Cc3ncc(C4=CCN(C(=O)O)CC4)cc3OC)c12. The van der Waals surface area contributed by atoms with Crippen molar-refractivity contribution in [1.82, 2.24) is 29.6 Å². The molecule has 4 N–H and O–H groups in total. The minimum atomic E-state index is -2.70. The summed E-state index contributed by atoms with van der Waals surface area (Å²) in [5.41, 5.74) is 11.1. The van der Waals surface area contributed by atoms with Gasteiger partial charge in [0.2, 0.25) is 5.95 Å². The normalized spacial score (nSPS) is 14.2. The summed E-state index contributed by atoms with van der Waals surface area (Å²) in [5.74, 6) is 1.41. The van der Waals surface area contributed by atoms with Crippen LogP contribution in [0.15, 0.2) is 79.0 Å². The fourth-order valence-electron chi connectivity index (χ4n) is 7.60. The van der Waals surface area contributed by atoms with Crippen LogP contribution in [0, 0.1) is 6.92 Å². The van der Waals surface area contributed by atoms with Crippen LogP contribution in [0.1, 0.15) is 70.3 Å². The second kappa shape index (κ2) is 16.4. The van der Waals surface area contributed by atoms with E-state index in [1.807, 2.05) is 29.9 Å². The van der Waals surface area contributed by atoms with Crippen LogP contribution in [-0.2, 0) is 11.0 Å². The summed E-state index contributed by atoms with van der Waals surface area (Å²) in [5, 5.41) is 20.3. The van der Waals surface area contributed by atoms with Gasteiger partial charge in [-0.05, 0) is 58.8 Å². The zero-order valence-corrected chi connectivity index (χ0v) is 33.2. The van der Waals surface area contributed by atoms with Crippen molar-refractivity contribution >= 4 is 53.2 Å². The zero-order valence-electron chi connectivity index (χ0n) is 32.2. The Bertz CT molecular complexity index is 2060. The first-order chi connectivity index (χ1) is 25.9. The molecule has 54 heavy (non-hydrogen) atoms. The van der Waals surface area contributed by atoms with E-state index in [0.29, 0.717) is 55.4 Å². The van der Waals surface area contributed by atoms with E-state index >= 15 is 0 Å². The number of fused-ring (bicyclic) bond motifs is 1. The number of carbonyl (C=O) groups is 1. The Balaban J connectivity index is 1.27. The van der Waals surface area contributed by atoms with E-state index < -0.39 is 14.4 Å². The maximum atomic E-state index is 11.4. The number of amides is 1. The van der Waals surface area contributed by atoms with E-state index in [1.54, 1.807) is 7.11 Å². The average Bonchev–Trinajstić information content (AvgIpc) is 3.47. The molecule has 13 heteroatoms. The van der Waals surface area contributed by atoms with Gasteiger partial charge in [0.15, 0.2) is 5.82 Å². The van der Waals surface area contributed by atoms with Crippen molar-refractivity contribution in [3.63, 3.8) is 0 Å². The number of pyridine rings is 1. The number of hydrogen-bond donors (Lipinski definition) is 3. The van der Waals surface area contributed by atoms with Gasteiger partial charge in [0.05, 0.1) is 19.3 Å². The van der Waals surface area contributed by atoms with Gasteiger partial charge in [-0.15, -0.1) is 0 Å². The molecule has 4 heterocycles. The molecule has 12 nitrogen and oxygen atoms in total.